The van der Waals surface area contributed by atoms with Gasteiger partial charge in [0, 0.05) is 35.0 Å². The zero-order valence-corrected chi connectivity index (χ0v) is 14.9. The van der Waals surface area contributed by atoms with Crippen LogP contribution in [0.1, 0.15) is 58.6 Å². The first-order valence-corrected chi connectivity index (χ1v) is 9.24. The highest BCUT2D eigenvalue weighted by Crippen LogP contribution is 2.34. The van der Waals surface area contributed by atoms with Gasteiger partial charge in [0.05, 0.1) is 0 Å². The van der Waals surface area contributed by atoms with Gasteiger partial charge in [-0.05, 0) is 49.6 Å². The summed E-state index contributed by atoms with van der Waals surface area (Å²) in [5, 5.41) is 6.45. The van der Waals surface area contributed by atoms with E-state index in [4.69, 9.17) is 0 Å². The number of hydrogen-bond acceptors (Lipinski definition) is 3. The minimum Gasteiger partial charge on any atom is -0.361 e. The Balaban J connectivity index is 1.53. The van der Waals surface area contributed by atoms with Crippen LogP contribution in [-0.4, -0.2) is 29.3 Å². The quantitative estimate of drug-likeness (QED) is 0.838. The molecule has 2 aliphatic rings. The topological polar surface area (TPSA) is 61.4 Å². The second-order valence-electron chi connectivity index (χ2n) is 6.96. The third-order valence-electron chi connectivity index (χ3n) is 4.89. The maximum atomic E-state index is 12.7. The molecule has 4 rings (SSSR count). The molecule has 0 bridgehead atoms. The highest BCUT2D eigenvalue weighted by atomic mass is 16.2. The molecule has 1 fully saturated rings. The van der Waals surface area contributed by atoms with Gasteiger partial charge in [-0.3, -0.25) is 9.59 Å². The minimum atomic E-state index is -0.176. The molecular weight excluding hydrogens is 326 g/mol. The molecule has 134 valence electrons. The number of carbonyl (C=O) groups is 2. The van der Waals surface area contributed by atoms with Gasteiger partial charge in [0.1, 0.15) is 6.17 Å². The van der Waals surface area contributed by atoms with Crippen LogP contribution >= 0.6 is 0 Å². The monoisotopic (exact) mass is 349 g/mol. The molecule has 1 saturated carbocycles. The van der Waals surface area contributed by atoms with Crippen LogP contribution in [0.3, 0.4) is 0 Å². The van der Waals surface area contributed by atoms with E-state index >= 15 is 0 Å². The molecule has 26 heavy (non-hydrogen) atoms. The second-order valence-corrected chi connectivity index (χ2v) is 6.96. The summed E-state index contributed by atoms with van der Waals surface area (Å²) in [6.45, 7) is 2.77. The van der Waals surface area contributed by atoms with E-state index in [1.165, 1.54) is 0 Å². The van der Waals surface area contributed by atoms with Crippen molar-refractivity contribution in [2.75, 3.05) is 11.9 Å². The Morgan fingerprint density at radius 1 is 1.12 bits per heavy atom. The molecule has 2 aromatic rings. The van der Waals surface area contributed by atoms with Gasteiger partial charge >= 0.3 is 0 Å². The van der Waals surface area contributed by atoms with E-state index in [0.717, 1.165) is 36.1 Å². The zero-order valence-electron chi connectivity index (χ0n) is 14.9. The van der Waals surface area contributed by atoms with Gasteiger partial charge in [-0.2, -0.15) is 0 Å². The van der Waals surface area contributed by atoms with Crippen LogP contribution in [0.25, 0.3) is 0 Å². The van der Waals surface area contributed by atoms with Gasteiger partial charge in [0.2, 0.25) is 0 Å². The Morgan fingerprint density at radius 3 is 2.54 bits per heavy atom. The minimum absolute atomic E-state index is 0.0203. The molecule has 0 spiro atoms. The van der Waals surface area contributed by atoms with Crippen molar-refractivity contribution in [3.8, 4) is 0 Å². The molecule has 2 aromatic carbocycles. The van der Waals surface area contributed by atoms with Crippen LogP contribution in [0, 0.1) is 0 Å². The fourth-order valence-electron chi connectivity index (χ4n) is 3.37. The summed E-state index contributed by atoms with van der Waals surface area (Å²) in [6.07, 6.45) is 2.88. The van der Waals surface area contributed by atoms with E-state index in [2.05, 4.69) is 17.6 Å². The summed E-state index contributed by atoms with van der Waals surface area (Å²) < 4.78 is 0. The first-order valence-electron chi connectivity index (χ1n) is 9.24. The van der Waals surface area contributed by atoms with Crippen molar-refractivity contribution in [1.29, 1.82) is 0 Å². The van der Waals surface area contributed by atoms with Crippen molar-refractivity contribution >= 4 is 17.5 Å². The van der Waals surface area contributed by atoms with Crippen LogP contribution in [-0.2, 0) is 0 Å². The normalized spacial score (nSPS) is 18.6. The summed E-state index contributed by atoms with van der Waals surface area (Å²) in [5.41, 5.74) is 3.32. The van der Waals surface area contributed by atoms with Crippen LogP contribution in [0.2, 0.25) is 0 Å². The number of benzene rings is 2. The van der Waals surface area contributed by atoms with Crippen LogP contribution < -0.4 is 10.6 Å². The molecule has 2 N–H and O–H groups in total. The van der Waals surface area contributed by atoms with Crippen molar-refractivity contribution in [2.24, 2.45) is 0 Å². The molecule has 2 amide bonds. The smallest absolute Gasteiger partial charge is 0.256 e. The lowest BCUT2D eigenvalue weighted by Gasteiger charge is -2.26. The second kappa shape index (κ2) is 6.83. The lowest BCUT2D eigenvalue weighted by atomic mass is 10.1. The van der Waals surface area contributed by atoms with Gasteiger partial charge in [0.25, 0.3) is 11.8 Å². The Labute approximate surface area is 153 Å². The fourth-order valence-corrected chi connectivity index (χ4v) is 3.37. The number of carbonyl (C=O) groups excluding carboxylic acids is 2. The number of amides is 2. The molecule has 5 nitrogen and oxygen atoms in total. The molecule has 5 heteroatoms. The van der Waals surface area contributed by atoms with Crippen molar-refractivity contribution in [3.63, 3.8) is 0 Å². The summed E-state index contributed by atoms with van der Waals surface area (Å²) in [6, 6.07) is 15.5. The molecule has 1 aliphatic carbocycles. The Kier molecular flexibility index (Phi) is 4.37. The van der Waals surface area contributed by atoms with Gasteiger partial charge < -0.3 is 15.5 Å². The number of nitrogens with one attached hydrogen (secondary N) is 2. The molecule has 1 heterocycles. The highest BCUT2D eigenvalue weighted by molar-refractivity contribution is 5.99. The third-order valence-corrected chi connectivity index (χ3v) is 4.89. The molecule has 0 aromatic heterocycles. The molecule has 0 saturated heterocycles. The summed E-state index contributed by atoms with van der Waals surface area (Å²) >= 11 is 0. The number of hydrogen-bond donors (Lipinski definition) is 2. The maximum Gasteiger partial charge on any atom is 0.256 e. The van der Waals surface area contributed by atoms with E-state index in [1.807, 2.05) is 53.4 Å². The average Bonchev–Trinajstić information content (AvgIpc) is 3.44. The first kappa shape index (κ1) is 16.6. The van der Waals surface area contributed by atoms with Gasteiger partial charge in [-0.25, -0.2) is 0 Å². The van der Waals surface area contributed by atoms with E-state index in [0.29, 0.717) is 18.2 Å². The average molecular weight is 349 g/mol. The molecular formula is C21H23N3O2. The predicted molar refractivity (Wildman–Crippen MR) is 101 cm³/mol. The van der Waals surface area contributed by atoms with Crippen molar-refractivity contribution in [2.45, 2.75) is 38.4 Å². The molecule has 1 atom stereocenters. The Bertz CT molecular complexity index is 827. The zero-order chi connectivity index (χ0) is 18.1. The van der Waals surface area contributed by atoms with Crippen molar-refractivity contribution < 1.29 is 9.59 Å². The lowest BCUT2D eigenvalue weighted by Crippen LogP contribution is -2.33. The van der Waals surface area contributed by atoms with Crippen molar-refractivity contribution in [3.05, 3.63) is 65.2 Å². The summed E-state index contributed by atoms with van der Waals surface area (Å²) in [7, 11) is 0. The van der Waals surface area contributed by atoms with E-state index in [9.17, 15) is 9.59 Å². The van der Waals surface area contributed by atoms with Crippen LogP contribution in [0.5, 0.6) is 0 Å². The predicted octanol–water partition coefficient (Wildman–Crippen LogP) is 3.56. The summed E-state index contributed by atoms with van der Waals surface area (Å²) in [4.78, 5) is 26.7. The third kappa shape index (κ3) is 3.17. The largest absolute Gasteiger partial charge is 0.361 e. The maximum absolute atomic E-state index is 12.7. The highest BCUT2D eigenvalue weighted by Gasteiger charge is 2.35. The molecule has 0 radical (unpaired) electrons. The van der Waals surface area contributed by atoms with Gasteiger partial charge in [0.15, 0.2) is 0 Å². The SMILES string of the molecule is CCCN1C(=O)c2ccccc2[C@@H]1Nc1ccc(C(=O)NC2CC2)cc1. The number of rotatable bonds is 6. The van der Waals surface area contributed by atoms with Crippen LogP contribution in [0.15, 0.2) is 48.5 Å². The van der Waals surface area contributed by atoms with E-state index < -0.39 is 0 Å². The van der Waals surface area contributed by atoms with E-state index in [-0.39, 0.29) is 18.0 Å². The number of fused-ring (bicyclic) bond motifs is 1. The first-order chi connectivity index (χ1) is 12.7. The molecule has 0 unspecified atom stereocenters. The standard InChI is InChI=1S/C21H23N3O2/c1-2-13-24-19(17-5-3-4-6-18(17)21(24)26)22-15-9-7-14(8-10-15)20(25)23-16-11-12-16/h3-10,16,19,22H,2,11-13H2,1H3,(H,23,25)/t19-/m1/s1. The van der Waals surface area contributed by atoms with Gasteiger partial charge in [-0.15, -0.1) is 0 Å². The molecule has 1 aliphatic heterocycles. The summed E-state index contributed by atoms with van der Waals surface area (Å²) in [5.74, 6) is 0.0495. The van der Waals surface area contributed by atoms with Crippen LogP contribution in [0.4, 0.5) is 5.69 Å². The lowest BCUT2D eigenvalue weighted by molar-refractivity contribution is 0.0743. The number of nitrogens with zero attached hydrogens (tertiary/aromatic N) is 1. The number of anilines is 1. The Hall–Kier alpha value is -2.82. The Morgan fingerprint density at radius 2 is 1.85 bits per heavy atom. The fraction of sp³-hybridized carbons (Fsp3) is 0.333. The van der Waals surface area contributed by atoms with Crippen molar-refractivity contribution in [1.82, 2.24) is 10.2 Å². The van der Waals surface area contributed by atoms with E-state index in [1.54, 1.807) is 0 Å². The van der Waals surface area contributed by atoms with Gasteiger partial charge in [-0.1, -0.05) is 25.1 Å².